The summed E-state index contributed by atoms with van der Waals surface area (Å²) in [6.45, 7) is 2.16. The Labute approximate surface area is 170 Å². The molecule has 0 aliphatic rings. The second-order valence-corrected chi connectivity index (χ2v) is 7.98. The van der Waals surface area contributed by atoms with E-state index in [-0.39, 0.29) is 13.5 Å². The lowest BCUT2D eigenvalue weighted by molar-refractivity contribution is -0.122. The molecule has 0 spiro atoms. The first-order valence-electron chi connectivity index (χ1n) is 8.03. The Balaban J connectivity index is 2.38. The molecule has 2 aromatic rings. The Morgan fingerprint density at radius 2 is 1.29 bits per heavy atom. The smallest absolute Gasteiger partial charge is 0.204 e. The molecule has 2 rings (SSSR count). The molecule has 0 radical (unpaired) electrons. The molecule has 0 N–H and O–H groups in total. The summed E-state index contributed by atoms with van der Waals surface area (Å²) >= 11 is 3.54. The van der Waals surface area contributed by atoms with Gasteiger partial charge in [0.25, 0.3) is 0 Å². The maximum Gasteiger partial charge on any atom is 0.204 e. The second-order valence-electron chi connectivity index (χ2n) is 5.85. The summed E-state index contributed by atoms with van der Waals surface area (Å²) in [6.07, 6.45) is 1.77. The monoisotopic (exact) mass is 546 g/mol. The third kappa shape index (κ3) is 5.12. The van der Waals surface area contributed by atoms with Crippen LogP contribution in [0.15, 0.2) is 60.7 Å². The lowest BCUT2D eigenvalue weighted by atomic mass is 9.78. The Morgan fingerprint density at radius 1 is 0.833 bits per heavy atom. The van der Waals surface area contributed by atoms with Gasteiger partial charge in [-0.2, -0.15) is 0 Å². The van der Waals surface area contributed by atoms with Gasteiger partial charge < -0.3 is 0 Å². The zero-order valence-corrected chi connectivity index (χ0v) is 17.8. The zero-order valence-electron chi connectivity index (χ0n) is 13.5. The van der Waals surface area contributed by atoms with Crippen LogP contribution in [0.3, 0.4) is 0 Å². The highest BCUT2D eigenvalue weighted by molar-refractivity contribution is 14.1. The molecule has 0 amide bonds. The number of carbonyl (C=O) groups is 2. The lowest BCUT2D eigenvalue weighted by Crippen LogP contribution is -2.25. The summed E-state index contributed by atoms with van der Waals surface area (Å²) < 4.78 is -0.160. The van der Waals surface area contributed by atoms with Crippen molar-refractivity contribution in [3.8, 4) is 0 Å². The normalized spacial score (nSPS) is 13.5. The van der Waals surface area contributed by atoms with Gasteiger partial charge in [-0.1, -0.05) is 67.6 Å². The molecule has 0 heterocycles. The third-order valence-electron chi connectivity index (χ3n) is 4.42. The van der Waals surface area contributed by atoms with E-state index in [1.165, 1.54) is 5.56 Å². The molecule has 2 unspecified atom stereocenters. The maximum absolute atomic E-state index is 12.2. The minimum absolute atomic E-state index is 0.0798. The van der Waals surface area contributed by atoms with Crippen molar-refractivity contribution in [2.75, 3.05) is 0 Å². The zero-order chi connectivity index (χ0) is 17.5. The van der Waals surface area contributed by atoms with E-state index in [1.807, 2.05) is 48.5 Å². The molecule has 2 nitrogen and oxygen atoms in total. The van der Waals surface area contributed by atoms with E-state index in [2.05, 4.69) is 19.1 Å². The molecule has 0 saturated carbocycles. The van der Waals surface area contributed by atoms with E-state index in [4.69, 9.17) is 0 Å². The largest absolute Gasteiger partial charge is 0.287 e. The van der Waals surface area contributed by atoms with Gasteiger partial charge >= 0.3 is 0 Å². The number of benzene rings is 2. The van der Waals surface area contributed by atoms with Crippen LogP contribution >= 0.6 is 45.2 Å². The van der Waals surface area contributed by atoms with Gasteiger partial charge in [0.05, 0.1) is 0 Å². The van der Waals surface area contributed by atoms with Crippen molar-refractivity contribution >= 4 is 52.8 Å². The van der Waals surface area contributed by atoms with E-state index < -0.39 is 5.92 Å². The molecule has 2 atom stereocenters. The van der Waals surface area contributed by atoms with Crippen LogP contribution in [0.1, 0.15) is 42.7 Å². The number of rotatable bonds is 8. The van der Waals surface area contributed by atoms with E-state index in [1.54, 1.807) is 45.2 Å². The van der Waals surface area contributed by atoms with Crippen molar-refractivity contribution in [2.45, 2.75) is 31.6 Å². The standard InChI is InChI=1S/C20H20I2O2/c1-2-14(15-9-5-3-6-10-15)13-17(16-11-7-4-8-12-16)18(19(21)23)20(22)24/h3-12,14,17-18H,2,13H2,1H3. The molecule has 0 bridgehead atoms. The van der Waals surface area contributed by atoms with E-state index in [9.17, 15) is 9.59 Å². The van der Waals surface area contributed by atoms with E-state index in [0.717, 1.165) is 18.4 Å². The Morgan fingerprint density at radius 3 is 1.71 bits per heavy atom. The molecule has 0 aliphatic heterocycles. The molecule has 0 aromatic heterocycles. The molecular weight excluding hydrogens is 526 g/mol. The summed E-state index contributed by atoms with van der Waals surface area (Å²) in [5.74, 6) is -0.359. The highest BCUT2D eigenvalue weighted by Gasteiger charge is 2.34. The van der Waals surface area contributed by atoms with Crippen LogP contribution in [-0.2, 0) is 9.59 Å². The fraction of sp³-hybridized carbons (Fsp3) is 0.300. The molecule has 0 fully saturated rings. The maximum atomic E-state index is 12.2. The third-order valence-corrected chi connectivity index (χ3v) is 5.76. The van der Waals surface area contributed by atoms with Crippen LogP contribution in [0, 0.1) is 5.92 Å². The molecule has 24 heavy (non-hydrogen) atoms. The molecule has 0 aliphatic carbocycles. The Bertz CT molecular complexity index is 657. The first-order chi connectivity index (χ1) is 11.5. The van der Waals surface area contributed by atoms with Gasteiger partial charge in [-0.05, 0) is 29.9 Å². The molecule has 2 aromatic carbocycles. The van der Waals surface area contributed by atoms with Gasteiger partial charge in [-0.25, -0.2) is 0 Å². The van der Waals surface area contributed by atoms with Gasteiger partial charge in [-0.15, -0.1) is 0 Å². The Kier molecular flexibility index (Phi) is 7.87. The fourth-order valence-corrected chi connectivity index (χ4v) is 5.17. The average molecular weight is 546 g/mol. The van der Waals surface area contributed by atoms with Crippen molar-refractivity contribution in [3.05, 3.63) is 71.8 Å². The lowest BCUT2D eigenvalue weighted by Gasteiger charge is -2.27. The molecule has 126 valence electrons. The van der Waals surface area contributed by atoms with Crippen LogP contribution in [-0.4, -0.2) is 7.58 Å². The average Bonchev–Trinajstić information content (AvgIpc) is 2.59. The van der Waals surface area contributed by atoms with Crippen molar-refractivity contribution in [1.29, 1.82) is 0 Å². The van der Waals surface area contributed by atoms with E-state index >= 15 is 0 Å². The molecule has 0 saturated heterocycles. The summed E-state index contributed by atoms with van der Waals surface area (Å²) in [4.78, 5) is 24.3. The summed E-state index contributed by atoms with van der Waals surface area (Å²) in [5, 5.41) is 0. The fourth-order valence-electron chi connectivity index (χ4n) is 3.14. The quantitative estimate of drug-likeness (QED) is 0.235. The summed E-state index contributed by atoms with van der Waals surface area (Å²) in [6, 6.07) is 20.3. The predicted molar refractivity (Wildman–Crippen MR) is 115 cm³/mol. The number of hydrogen-bond acceptors (Lipinski definition) is 2. The van der Waals surface area contributed by atoms with Crippen molar-refractivity contribution in [3.63, 3.8) is 0 Å². The van der Waals surface area contributed by atoms with Crippen molar-refractivity contribution in [2.24, 2.45) is 5.92 Å². The van der Waals surface area contributed by atoms with E-state index in [0.29, 0.717) is 5.92 Å². The van der Waals surface area contributed by atoms with Crippen molar-refractivity contribution < 1.29 is 9.59 Å². The summed E-state index contributed by atoms with van der Waals surface area (Å²) in [7, 11) is 0. The number of carbonyl (C=O) groups excluding carboxylic acids is 2. The molecular formula is C20H20I2O2. The van der Waals surface area contributed by atoms with Gasteiger partial charge in [-0.3, -0.25) is 9.59 Å². The Hall–Kier alpha value is -0.760. The van der Waals surface area contributed by atoms with Crippen LogP contribution < -0.4 is 0 Å². The van der Waals surface area contributed by atoms with Gasteiger partial charge in [0, 0.05) is 51.1 Å². The second kappa shape index (κ2) is 9.65. The highest BCUT2D eigenvalue weighted by atomic mass is 127. The van der Waals surface area contributed by atoms with Crippen LogP contribution in [0.4, 0.5) is 0 Å². The minimum Gasteiger partial charge on any atom is -0.287 e. The first kappa shape index (κ1) is 19.6. The van der Waals surface area contributed by atoms with Gasteiger partial charge in [0.2, 0.25) is 7.58 Å². The number of hydrogen-bond donors (Lipinski definition) is 0. The first-order valence-corrected chi connectivity index (χ1v) is 10.2. The van der Waals surface area contributed by atoms with Gasteiger partial charge in [0.1, 0.15) is 5.92 Å². The topological polar surface area (TPSA) is 34.1 Å². The van der Waals surface area contributed by atoms with Crippen LogP contribution in [0.2, 0.25) is 0 Å². The molecule has 4 heteroatoms. The number of halogens is 2. The minimum atomic E-state index is -0.591. The van der Waals surface area contributed by atoms with Crippen LogP contribution in [0.5, 0.6) is 0 Å². The SMILES string of the molecule is CCC(CC(c1ccccc1)C(C(=O)I)C(=O)I)c1ccccc1. The predicted octanol–water partition coefficient (Wildman–Crippen LogP) is 5.89. The van der Waals surface area contributed by atoms with Crippen LogP contribution in [0.25, 0.3) is 0 Å². The summed E-state index contributed by atoms with van der Waals surface area (Å²) in [5.41, 5.74) is 2.33. The highest BCUT2D eigenvalue weighted by Crippen LogP contribution is 2.39. The van der Waals surface area contributed by atoms with Crippen molar-refractivity contribution in [1.82, 2.24) is 0 Å². The van der Waals surface area contributed by atoms with Gasteiger partial charge in [0.15, 0.2) is 0 Å².